The van der Waals surface area contributed by atoms with Crippen LogP contribution in [0.3, 0.4) is 0 Å². The standard InChI is InChI=1S/C6H11NO4/c8-3-4-5(9)1-2-7(4)6(10)11/h4-5,8-9H,1-3H2,(H,10,11)/t4-,5-/m0/s1. The summed E-state index contributed by atoms with van der Waals surface area (Å²) >= 11 is 0. The molecule has 1 saturated heterocycles. The Hall–Kier alpha value is -0.810. The van der Waals surface area contributed by atoms with Crippen molar-refractivity contribution in [1.82, 2.24) is 4.90 Å². The van der Waals surface area contributed by atoms with Crippen LogP contribution in [0.2, 0.25) is 0 Å². The molecule has 1 amide bonds. The average molecular weight is 161 g/mol. The maximum atomic E-state index is 10.4. The molecule has 0 aromatic heterocycles. The summed E-state index contributed by atoms with van der Waals surface area (Å²) in [6.07, 6.45) is -1.38. The molecule has 1 fully saturated rings. The van der Waals surface area contributed by atoms with Crippen molar-refractivity contribution in [3.63, 3.8) is 0 Å². The molecule has 0 radical (unpaired) electrons. The molecular weight excluding hydrogens is 150 g/mol. The molecule has 0 aliphatic carbocycles. The van der Waals surface area contributed by atoms with Gasteiger partial charge in [-0.15, -0.1) is 0 Å². The maximum Gasteiger partial charge on any atom is 0.407 e. The highest BCUT2D eigenvalue weighted by molar-refractivity contribution is 5.66. The van der Waals surface area contributed by atoms with Crippen LogP contribution < -0.4 is 0 Å². The predicted molar refractivity (Wildman–Crippen MR) is 36.2 cm³/mol. The zero-order valence-corrected chi connectivity index (χ0v) is 5.97. The third-order valence-electron chi connectivity index (χ3n) is 1.94. The number of rotatable bonds is 1. The van der Waals surface area contributed by atoms with Crippen LogP contribution in [0.1, 0.15) is 6.42 Å². The highest BCUT2D eigenvalue weighted by Gasteiger charge is 2.35. The van der Waals surface area contributed by atoms with Crippen LogP contribution in [-0.4, -0.2) is 51.6 Å². The van der Waals surface area contributed by atoms with Crippen LogP contribution in [0, 0.1) is 0 Å². The molecule has 1 rings (SSSR count). The van der Waals surface area contributed by atoms with Crippen LogP contribution in [-0.2, 0) is 0 Å². The monoisotopic (exact) mass is 161 g/mol. The van der Waals surface area contributed by atoms with E-state index in [-0.39, 0.29) is 6.61 Å². The van der Waals surface area contributed by atoms with Crippen molar-refractivity contribution in [2.24, 2.45) is 0 Å². The van der Waals surface area contributed by atoms with Gasteiger partial charge in [0.05, 0.1) is 18.8 Å². The lowest BCUT2D eigenvalue weighted by Crippen LogP contribution is -2.41. The fourth-order valence-corrected chi connectivity index (χ4v) is 1.30. The van der Waals surface area contributed by atoms with Crippen molar-refractivity contribution in [3.8, 4) is 0 Å². The highest BCUT2D eigenvalue weighted by Crippen LogP contribution is 2.16. The number of aliphatic hydroxyl groups is 2. The maximum absolute atomic E-state index is 10.4. The first-order chi connectivity index (χ1) is 5.16. The zero-order chi connectivity index (χ0) is 8.43. The fourth-order valence-electron chi connectivity index (χ4n) is 1.30. The minimum Gasteiger partial charge on any atom is -0.465 e. The van der Waals surface area contributed by atoms with E-state index in [9.17, 15) is 4.79 Å². The molecule has 5 heteroatoms. The number of carbonyl (C=O) groups is 1. The van der Waals surface area contributed by atoms with E-state index in [1.54, 1.807) is 0 Å². The van der Waals surface area contributed by atoms with Gasteiger partial charge in [-0.25, -0.2) is 4.79 Å². The number of nitrogens with zero attached hydrogens (tertiary/aromatic N) is 1. The molecule has 1 aliphatic heterocycles. The summed E-state index contributed by atoms with van der Waals surface area (Å²) in [5, 5.41) is 26.4. The van der Waals surface area contributed by atoms with E-state index >= 15 is 0 Å². The zero-order valence-electron chi connectivity index (χ0n) is 5.97. The van der Waals surface area contributed by atoms with E-state index in [4.69, 9.17) is 15.3 Å². The van der Waals surface area contributed by atoms with E-state index < -0.39 is 18.2 Å². The summed E-state index contributed by atoms with van der Waals surface area (Å²) in [6.45, 7) is -0.00477. The van der Waals surface area contributed by atoms with Gasteiger partial charge in [0.1, 0.15) is 0 Å². The van der Waals surface area contributed by atoms with E-state index in [2.05, 4.69) is 0 Å². The Morgan fingerprint density at radius 1 is 1.64 bits per heavy atom. The number of aliphatic hydroxyl groups excluding tert-OH is 2. The second-order valence-electron chi connectivity index (χ2n) is 2.58. The smallest absolute Gasteiger partial charge is 0.407 e. The van der Waals surface area contributed by atoms with Crippen LogP contribution in [0.5, 0.6) is 0 Å². The molecule has 3 N–H and O–H groups in total. The Balaban J connectivity index is 2.61. The lowest BCUT2D eigenvalue weighted by atomic mass is 10.2. The Morgan fingerprint density at radius 3 is 2.64 bits per heavy atom. The Morgan fingerprint density at radius 2 is 2.27 bits per heavy atom. The van der Waals surface area contributed by atoms with Gasteiger partial charge in [-0.2, -0.15) is 0 Å². The molecule has 5 nitrogen and oxygen atoms in total. The SMILES string of the molecule is O=C(O)N1CC[C@H](O)[C@@H]1CO. The molecule has 0 saturated carbocycles. The van der Waals surface area contributed by atoms with Crippen LogP contribution in [0.4, 0.5) is 4.79 Å². The van der Waals surface area contributed by atoms with Gasteiger partial charge in [0.25, 0.3) is 0 Å². The topological polar surface area (TPSA) is 81.0 Å². The van der Waals surface area contributed by atoms with Crippen molar-refractivity contribution < 1.29 is 20.1 Å². The molecular formula is C6H11NO4. The summed E-state index contributed by atoms with van der Waals surface area (Å²) in [6, 6.07) is -0.632. The number of likely N-dealkylation sites (tertiary alicyclic amines) is 1. The van der Waals surface area contributed by atoms with Crippen molar-refractivity contribution in [2.45, 2.75) is 18.6 Å². The second-order valence-corrected chi connectivity index (χ2v) is 2.58. The van der Waals surface area contributed by atoms with E-state index in [0.29, 0.717) is 13.0 Å². The number of hydrogen-bond acceptors (Lipinski definition) is 3. The van der Waals surface area contributed by atoms with E-state index in [1.165, 1.54) is 0 Å². The van der Waals surface area contributed by atoms with Crippen LogP contribution in [0.15, 0.2) is 0 Å². The fraction of sp³-hybridized carbons (Fsp3) is 0.833. The quantitative estimate of drug-likeness (QED) is 0.465. The molecule has 1 heterocycles. The van der Waals surface area contributed by atoms with Gasteiger partial charge in [0.15, 0.2) is 0 Å². The first kappa shape index (κ1) is 8.29. The lowest BCUT2D eigenvalue weighted by Gasteiger charge is -2.20. The normalized spacial score (nSPS) is 30.9. The summed E-state index contributed by atoms with van der Waals surface area (Å²) in [5.74, 6) is 0. The van der Waals surface area contributed by atoms with Crippen molar-refractivity contribution >= 4 is 6.09 Å². The van der Waals surface area contributed by atoms with Crippen LogP contribution in [0.25, 0.3) is 0 Å². The molecule has 0 spiro atoms. The molecule has 0 aromatic carbocycles. The van der Waals surface area contributed by atoms with Gasteiger partial charge in [0, 0.05) is 6.54 Å². The summed E-state index contributed by atoms with van der Waals surface area (Å²) in [7, 11) is 0. The van der Waals surface area contributed by atoms with E-state index in [0.717, 1.165) is 4.90 Å². The number of carboxylic acid groups (broad SMARTS) is 1. The molecule has 0 bridgehead atoms. The van der Waals surface area contributed by atoms with Gasteiger partial charge in [-0.05, 0) is 6.42 Å². The van der Waals surface area contributed by atoms with E-state index in [1.807, 2.05) is 0 Å². The van der Waals surface area contributed by atoms with Gasteiger partial charge in [-0.3, -0.25) is 0 Å². The summed E-state index contributed by atoms with van der Waals surface area (Å²) in [5.41, 5.74) is 0. The summed E-state index contributed by atoms with van der Waals surface area (Å²) < 4.78 is 0. The number of hydrogen-bond donors (Lipinski definition) is 3. The van der Waals surface area contributed by atoms with Gasteiger partial charge >= 0.3 is 6.09 Å². The van der Waals surface area contributed by atoms with Crippen molar-refractivity contribution in [1.29, 1.82) is 0 Å². The number of amides is 1. The minimum atomic E-state index is -1.08. The summed E-state index contributed by atoms with van der Waals surface area (Å²) in [4.78, 5) is 11.5. The predicted octanol–water partition coefficient (Wildman–Crippen LogP) is -0.908. The Bertz CT molecular complexity index is 161. The van der Waals surface area contributed by atoms with Gasteiger partial charge < -0.3 is 20.2 Å². The highest BCUT2D eigenvalue weighted by atomic mass is 16.4. The Kier molecular flexibility index (Phi) is 2.31. The molecule has 0 unspecified atom stereocenters. The van der Waals surface area contributed by atoms with Gasteiger partial charge in [-0.1, -0.05) is 0 Å². The average Bonchev–Trinajstić information content (AvgIpc) is 2.30. The second kappa shape index (κ2) is 3.06. The molecule has 0 aromatic rings. The van der Waals surface area contributed by atoms with Crippen molar-refractivity contribution in [3.05, 3.63) is 0 Å². The molecule has 64 valence electrons. The largest absolute Gasteiger partial charge is 0.465 e. The first-order valence-corrected chi connectivity index (χ1v) is 3.45. The van der Waals surface area contributed by atoms with Gasteiger partial charge in [0.2, 0.25) is 0 Å². The Labute approximate surface area is 63.9 Å². The first-order valence-electron chi connectivity index (χ1n) is 3.45. The third kappa shape index (κ3) is 1.44. The lowest BCUT2D eigenvalue weighted by molar-refractivity contribution is 0.0671. The molecule has 1 aliphatic rings. The van der Waals surface area contributed by atoms with Crippen LogP contribution >= 0.6 is 0 Å². The van der Waals surface area contributed by atoms with Crippen molar-refractivity contribution in [2.75, 3.05) is 13.2 Å². The minimum absolute atomic E-state index is 0.307. The molecule has 2 atom stereocenters. The molecule has 11 heavy (non-hydrogen) atoms. The third-order valence-corrected chi connectivity index (χ3v) is 1.94.